The Kier molecular flexibility index (Phi) is 3.57. The van der Waals surface area contributed by atoms with Crippen molar-refractivity contribution >= 4 is 22.6 Å². The molecule has 1 amide bonds. The van der Waals surface area contributed by atoms with Crippen molar-refractivity contribution in [1.29, 1.82) is 0 Å². The van der Waals surface area contributed by atoms with E-state index >= 15 is 0 Å². The van der Waals surface area contributed by atoms with Crippen LogP contribution < -0.4 is 11.1 Å². The van der Waals surface area contributed by atoms with Crippen LogP contribution in [0.15, 0.2) is 54.9 Å². The smallest absolute Gasteiger partial charge is 0.255 e. The van der Waals surface area contributed by atoms with Crippen LogP contribution in [-0.4, -0.2) is 15.9 Å². The number of nitrogens with one attached hydrogen (secondary N) is 1. The summed E-state index contributed by atoms with van der Waals surface area (Å²) in [7, 11) is 0. The van der Waals surface area contributed by atoms with Gasteiger partial charge in [-0.15, -0.1) is 0 Å². The van der Waals surface area contributed by atoms with Crippen LogP contribution in [0.3, 0.4) is 0 Å². The molecule has 3 rings (SSSR count). The highest BCUT2D eigenvalue weighted by molar-refractivity contribution is 6.06. The van der Waals surface area contributed by atoms with Crippen LogP contribution in [0.5, 0.6) is 0 Å². The molecule has 0 aliphatic carbocycles. The molecule has 3 N–H and O–H groups in total. The number of nitrogens with zero attached hydrogens (tertiary/aromatic N) is 2. The largest absolute Gasteiger partial charge is 0.326 e. The fourth-order valence-corrected chi connectivity index (χ4v) is 2.12. The van der Waals surface area contributed by atoms with E-state index in [1.807, 2.05) is 24.3 Å². The molecule has 0 unspecified atom stereocenters. The number of para-hydroxylation sites is 1. The number of nitrogens with two attached hydrogens (primary N) is 1. The lowest BCUT2D eigenvalue weighted by atomic mass is 10.1. The van der Waals surface area contributed by atoms with Gasteiger partial charge in [0, 0.05) is 30.2 Å². The Morgan fingerprint density at radius 3 is 2.62 bits per heavy atom. The van der Waals surface area contributed by atoms with Crippen molar-refractivity contribution < 1.29 is 4.79 Å². The van der Waals surface area contributed by atoms with E-state index in [-0.39, 0.29) is 5.91 Å². The molecule has 0 aliphatic heterocycles. The Morgan fingerprint density at radius 2 is 1.81 bits per heavy atom. The summed E-state index contributed by atoms with van der Waals surface area (Å²) in [6.07, 6.45) is 3.23. The number of hydrogen-bond acceptors (Lipinski definition) is 4. The second-order valence-corrected chi connectivity index (χ2v) is 4.58. The zero-order valence-corrected chi connectivity index (χ0v) is 11.3. The van der Waals surface area contributed by atoms with Crippen molar-refractivity contribution in [1.82, 2.24) is 9.97 Å². The summed E-state index contributed by atoms with van der Waals surface area (Å²) in [5, 5.41) is 2.88. The van der Waals surface area contributed by atoms with Crippen LogP contribution in [-0.2, 0) is 6.54 Å². The van der Waals surface area contributed by atoms with Gasteiger partial charge in [-0.3, -0.25) is 14.8 Å². The van der Waals surface area contributed by atoms with Crippen molar-refractivity contribution in [2.45, 2.75) is 6.54 Å². The van der Waals surface area contributed by atoms with Gasteiger partial charge in [0.1, 0.15) is 0 Å². The highest BCUT2D eigenvalue weighted by atomic mass is 16.1. The molecule has 0 bridgehead atoms. The van der Waals surface area contributed by atoms with Crippen molar-refractivity contribution in [3.63, 3.8) is 0 Å². The number of anilines is 1. The second-order valence-electron chi connectivity index (χ2n) is 4.58. The third-order valence-corrected chi connectivity index (χ3v) is 3.22. The predicted molar refractivity (Wildman–Crippen MR) is 81.8 cm³/mol. The van der Waals surface area contributed by atoms with Crippen molar-refractivity contribution in [3.8, 4) is 0 Å². The summed E-state index contributed by atoms with van der Waals surface area (Å²) in [5.74, 6) is -0.191. The molecule has 0 saturated carbocycles. The summed E-state index contributed by atoms with van der Waals surface area (Å²) in [6.45, 7) is 0.375. The molecule has 3 aromatic rings. The minimum atomic E-state index is -0.191. The summed E-state index contributed by atoms with van der Waals surface area (Å²) in [4.78, 5) is 20.7. The molecule has 1 heterocycles. The second kappa shape index (κ2) is 5.68. The van der Waals surface area contributed by atoms with Gasteiger partial charge in [0.25, 0.3) is 5.91 Å². The zero-order valence-electron chi connectivity index (χ0n) is 11.3. The van der Waals surface area contributed by atoms with Gasteiger partial charge in [0.05, 0.1) is 11.0 Å². The first-order valence-corrected chi connectivity index (χ1v) is 6.58. The SMILES string of the molecule is NCc1ccccc1NC(=O)c1ccc2nccnc2c1. The minimum Gasteiger partial charge on any atom is -0.326 e. The molecule has 0 fully saturated rings. The van der Waals surface area contributed by atoms with Crippen molar-refractivity contribution in [3.05, 3.63) is 66.0 Å². The van der Waals surface area contributed by atoms with E-state index in [4.69, 9.17) is 5.73 Å². The van der Waals surface area contributed by atoms with Gasteiger partial charge in [-0.1, -0.05) is 18.2 Å². The average molecular weight is 278 g/mol. The van der Waals surface area contributed by atoms with E-state index in [1.165, 1.54) is 0 Å². The Morgan fingerprint density at radius 1 is 1.05 bits per heavy atom. The predicted octanol–water partition coefficient (Wildman–Crippen LogP) is 2.34. The number of carbonyl (C=O) groups excluding carboxylic acids is 1. The van der Waals surface area contributed by atoms with E-state index in [1.54, 1.807) is 30.6 Å². The van der Waals surface area contributed by atoms with Crippen LogP contribution in [0.25, 0.3) is 11.0 Å². The monoisotopic (exact) mass is 278 g/mol. The molecule has 0 radical (unpaired) electrons. The van der Waals surface area contributed by atoms with Gasteiger partial charge in [-0.25, -0.2) is 0 Å². The van der Waals surface area contributed by atoms with Gasteiger partial charge < -0.3 is 11.1 Å². The highest BCUT2D eigenvalue weighted by Gasteiger charge is 2.09. The number of rotatable bonds is 3. The standard InChI is InChI=1S/C16H14N4O/c17-10-12-3-1-2-4-13(12)20-16(21)11-5-6-14-15(9-11)19-8-7-18-14/h1-9H,10,17H2,(H,20,21). The summed E-state index contributed by atoms with van der Waals surface area (Å²) < 4.78 is 0. The summed E-state index contributed by atoms with van der Waals surface area (Å²) >= 11 is 0. The summed E-state index contributed by atoms with van der Waals surface area (Å²) in [6, 6.07) is 12.7. The zero-order chi connectivity index (χ0) is 14.7. The third kappa shape index (κ3) is 2.73. The molecule has 1 aromatic heterocycles. The van der Waals surface area contributed by atoms with Gasteiger partial charge >= 0.3 is 0 Å². The van der Waals surface area contributed by atoms with E-state index in [0.29, 0.717) is 17.6 Å². The van der Waals surface area contributed by atoms with E-state index < -0.39 is 0 Å². The Balaban J connectivity index is 1.90. The molecule has 0 saturated heterocycles. The summed E-state index contributed by atoms with van der Waals surface area (Å²) in [5.41, 5.74) is 9.28. The third-order valence-electron chi connectivity index (χ3n) is 3.22. The maximum Gasteiger partial charge on any atom is 0.255 e. The van der Waals surface area contributed by atoms with Crippen molar-refractivity contribution in [2.24, 2.45) is 5.73 Å². The molecule has 0 spiro atoms. The van der Waals surface area contributed by atoms with Gasteiger partial charge in [0.15, 0.2) is 0 Å². The van der Waals surface area contributed by atoms with E-state index in [9.17, 15) is 4.79 Å². The topological polar surface area (TPSA) is 80.9 Å². The first-order chi connectivity index (χ1) is 10.3. The van der Waals surface area contributed by atoms with E-state index in [0.717, 1.165) is 16.8 Å². The Hall–Kier alpha value is -2.79. The van der Waals surface area contributed by atoms with Crippen LogP contribution >= 0.6 is 0 Å². The van der Waals surface area contributed by atoms with Gasteiger partial charge in [-0.2, -0.15) is 0 Å². The minimum absolute atomic E-state index is 0.191. The van der Waals surface area contributed by atoms with Crippen LogP contribution in [0, 0.1) is 0 Å². The lowest BCUT2D eigenvalue weighted by Gasteiger charge is -2.09. The molecule has 21 heavy (non-hydrogen) atoms. The average Bonchev–Trinajstić information content (AvgIpc) is 2.55. The maximum absolute atomic E-state index is 12.3. The molecule has 0 aliphatic rings. The Bertz CT molecular complexity index is 801. The quantitative estimate of drug-likeness (QED) is 0.770. The number of aromatic nitrogens is 2. The number of carbonyl (C=O) groups is 1. The number of fused-ring (bicyclic) bond motifs is 1. The lowest BCUT2D eigenvalue weighted by molar-refractivity contribution is 0.102. The molecule has 0 atom stereocenters. The molecule has 2 aromatic carbocycles. The number of hydrogen-bond donors (Lipinski definition) is 2. The van der Waals surface area contributed by atoms with Crippen LogP contribution in [0.2, 0.25) is 0 Å². The lowest BCUT2D eigenvalue weighted by Crippen LogP contribution is -2.14. The van der Waals surface area contributed by atoms with Gasteiger partial charge in [0.2, 0.25) is 0 Å². The first kappa shape index (κ1) is 13.2. The highest BCUT2D eigenvalue weighted by Crippen LogP contribution is 2.17. The normalized spacial score (nSPS) is 10.5. The molecule has 104 valence electrons. The molecule has 5 nitrogen and oxygen atoms in total. The Labute approximate surface area is 121 Å². The van der Waals surface area contributed by atoms with Crippen LogP contribution in [0.4, 0.5) is 5.69 Å². The fourth-order valence-electron chi connectivity index (χ4n) is 2.12. The fraction of sp³-hybridized carbons (Fsp3) is 0.0625. The number of benzene rings is 2. The van der Waals surface area contributed by atoms with Crippen LogP contribution in [0.1, 0.15) is 15.9 Å². The molecule has 5 heteroatoms. The molecular weight excluding hydrogens is 264 g/mol. The maximum atomic E-state index is 12.3. The van der Waals surface area contributed by atoms with Crippen molar-refractivity contribution in [2.75, 3.05) is 5.32 Å². The number of amides is 1. The van der Waals surface area contributed by atoms with E-state index in [2.05, 4.69) is 15.3 Å². The van der Waals surface area contributed by atoms with Gasteiger partial charge in [-0.05, 0) is 29.8 Å². The first-order valence-electron chi connectivity index (χ1n) is 6.58. The molecular formula is C16H14N4O.